The number of H-pyrrole nitrogens is 2. The molecule has 30 heavy (non-hydrogen) atoms. The van der Waals surface area contributed by atoms with Gasteiger partial charge in [-0.25, -0.2) is 10.1 Å². The molecule has 0 radical (unpaired) electrons. The van der Waals surface area contributed by atoms with Gasteiger partial charge in [-0.3, -0.25) is 9.59 Å². The Morgan fingerprint density at radius 2 is 1.83 bits per heavy atom. The summed E-state index contributed by atoms with van der Waals surface area (Å²) >= 11 is 6.00. The number of rotatable bonds is 3. The molecule has 2 aromatic heterocycles. The van der Waals surface area contributed by atoms with Crippen LogP contribution in [0.1, 0.15) is 47.9 Å². The normalized spacial score (nSPS) is 19.2. The van der Waals surface area contributed by atoms with E-state index in [1.807, 2.05) is 24.3 Å². The Labute approximate surface area is 176 Å². The SMILES string of the molecule is O=C(N[C@H]1CC[C@H](c2n[nH]c(=O)c3ccccc32)CC1)c1nc2ccc(Cl)cc2[nH]1. The van der Waals surface area contributed by atoms with Crippen molar-refractivity contribution in [1.29, 1.82) is 0 Å². The first-order valence-electron chi connectivity index (χ1n) is 10.0. The molecule has 152 valence electrons. The number of aromatic nitrogens is 4. The monoisotopic (exact) mass is 421 g/mol. The molecule has 4 aromatic rings. The Bertz CT molecular complexity index is 1300. The van der Waals surface area contributed by atoms with Crippen molar-refractivity contribution in [3.63, 3.8) is 0 Å². The highest BCUT2D eigenvalue weighted by Crippen LogP contribution is 2.34. The molecule has 0 aliphatic heterocycles. The van der Waals surface area contributed by atoms with Gasteiger partial charge >= 0.3 is 0 Å². The van der Waals surface area contributed by atoms with E-state index < -0.39 is 0 Å². The van der Waals surface area contributed by atoms with Gasteiger partial charge in [0, 0.05) is 22.4 Å². The van der Waals surface area contributed by atoms with Crippen LogP contribution in [0, 0.1) is 0 Å². The lowest BCUT2D eigenvalue weighted by Gasteiger charge is -2.28. The van der Waals surface area contributed by atoms with Gasteiger partial charge in [0.1, 0.15) is 0 Å². The summed E-state index contributed by atoms with van der Waals surface area (Å²) in [5, 5.41) is 12.2. The fourth-order valence-electron chi connectivity index (χ4n) is 4.30. The molecular formula is C22H20ClN5O2. The second-order valence-corrected chi connectivity index (χ2v) is 8.19. The molecule has 0 unspecified atom stereocenters. The van der Waals surface area contributed by atoms with Gasteiger partial charge in [-0.2, -0.15) is 5.10 Å². The Morgan fingerprint density at radius 1 is 1.07 bits per heavy atom. The number of aromatic amines is 2. The minimum absolute atomic E-state index is 0.0829. The van der Waals surface area contributed by atoms with Gasteiger partial charge in [-0.15, -0.1) is 0 Å². The van der Waals surface area contributed by atoms with Crippen LogP contribution in [0.25, 0.3) is 21.8 Å². The number of amides is 1. The van der Waals surface area contributed by atoms with E-state index in [1.165, 1.54) is 0 Å². The number of carbonyl (C=O) groups excluding carboxylic acids is 1. The maximum absolute atomic E-state index is 12.6. The Hall–Kier alpha value is -3.19. The van der Waals surface area contributed by atoms with E-state index in [4.69, 9.17) is 11.6 Å². The van der Waals surface area contributed by atoms with E-state index >= 15 is 0 Å². The van der Waals surface area contributed by atoms with Gasteiger partial charge in [-0.1, -0.05) is 29.8 Å². The Kier molecular flexibility index (Phi) is 4.75. The molecule has 1 fully saturated rings. The zero-order valence-corrected chi connectivity index (χ0v) is 16.9. The van der Waals surface area contributed by atoms with E-state index in [1.54, 1.807) is 18.2 Å². The van der Waals surface area contributed by atoms with E-state index in [2.05, 4.69) is 25.5 Å². The number of halogens is 1. The first-order chi connectivity index (χ1) is 14.6. The molecular weight excluding hydrogens is 402 g/mol. The molecule has 0 spiro atoms. The van der Waals surface area contributed by atoms with Crippen molar-refractivity contribution in [2.24, 2.45) is 0 Å². The van der Waals surface area contributed by atoms with Gasteiger partial charge in [0.05, 0.1) is 22.1 Å². The molecule has 5 rings (SSSR count). The molecule has 0 bridgehead atoms. The molecule has 3 N–H and O–H groups in total. The summed E-state index contributed by atoms with van der Waals surface area (Å²) in [6.07, 6.45) is 3.47. The number of fused-ring (bicyclic) bond motifs is 2. The number of benzene rings is 2. The lowest BCUT2D eigenvalue weighted by molar-refractivity contribution is 0.0916. The van der Waals surface area contributed by atoms with Crippen LogP contribution in [-0.2, 0) is 0 Å². The predicted octanol–water partition coefficient (Wildman–Crippen LogP) is 3.91. The summed E-state index contributed by atoms with van der Waals surface area (Å²) in [5.41, 5.74) is 2.23. The fourth-order valence-corrected chi connectivity index (χ4v) is 4.47. The minimum atomic E-state index is -0.210. The topological polar surface area (TPSA) is 104 Å². The van der Waals surface area contributed by atoms with E-state index in [0.29, 0.717) is 21.7 Å². The zero-order valence-electron chi connectivity index (χ0n) is 16.1. The van der Waals surface area contributed by atoms with Crippen LogP contribution < -0.4 is 10.9 Å². The predicted molar refractivity (Wildman–Crippen MR) is 116 cm³/mol. The fraction of sp³-hybridized carbons (Fsp3) is 0.273. The largest absolute Gasteiger partial charge is 0.347 e. The zero-order chi connectivity index (χ0) is 20.7. The van der Waals surface area contributed by atoms with Crippen LogP contribution in [0.4, 0.5) is 0 Å². The molecule has 1 amide bonds. The highest BCUT2D eigenvalue weighted by molar-refractivity contribution is 6.31. The van der Waals surface area contributed by atoms with Gasteiger partial charge in [-0.05, 0) is 49.9 Å². The van der Waals surface area contributed by atoms with Gasteiger partial charge in [0.2, 0.25) is 0 Å². The average molecular weight is 422 g/mol. The molecule has 2 aromatic carbocycles. The number of hydrogen-bond donors (Lipinski definition) is 3. The van der Waals surface area contributed by atoms with Crippen LogP contribution in [0.2, 0.25) is 5.02 Å². The van der Waals surface area contributed by atoms with Crippen molar-refractivity contribution in [1.82, 2.24) is 25.5 Å². The second-order valence-electron chi connectivity index (χ2n) is 7.75. The third-order valence-corrected chi connectivity index (χ3v) is 6.07. The van der Waals surface area contributed by atoms with E-state index in [-0.39, 0.29) is 23.4 Å². The first-order valence-corrected chi connectivity index (χ1v) is 10.4. The lowest BCUT2D eigenvalue weighted by atomic mass is 9.82. The number of nitrogens with zero attached hydrogens (tertiary/aromatic N) is 2. The summed E-state index contributed by atoms with van der Waals surface area (Å²) < 4.78 is 0. The van der Waals surface area contributed by atoms with Crippen molar-refractivity contribution >= 4 is 39.3 Å². The lowest BCUT2D eigenvalue weighted by Crippen LogP contribution is -2.38. The maximum atomic E-state index is 12.6. The molecule has 2 heterocycles. The van der Waals surface area contributed by atoms with Crippen molar-refractivity contribution in [3.8, 4) is 0 Å². The maximum Gasteiger partial charge on any atom is 0.287 e. The number of hydrogen-bond acceptors (Lipinski definition) is 4. The van der Waals surface area contributed by atoms with Gasteiger partial charge in [0.25, 0.3) is 11.5 Å². The van der Waals surface area contributed by atoms with E-state index in [0.717, 1.165) is 42.3 Å². The minimum Gasteiger partial charge on any atom is -0.347 e. The van der Waals surface area contributed by atoms with Crippen LogP contribution in [-0.4, -0.2) is 32.1 Å². The summed E-state index contributed by atoms with van der Waals surface area (Å²) in [4.78, 5) is 32.1. The molecule has 1 aliphatic carbocycles. The highest BCUT2D eigenvalue weighted by Gasteiger charge is 2.27. The first kappa shape index (κ1) is 18.8. The van der Waals surface area contributed by atoms with Gasteiger partial charge < -0.3 is 10.3 Å². The average Bonchev–Trinajstić information content (AvgIpc) is 3.18. The molecule has 7 nitrogen and oxygen atoms in total. The molecule has 1 aliphatic rings. The number of nitrogens with one attached hydrogen (secondary N) is 3. The summed E-state index contributed by atoms with van der Waals surface area (Å²) in [5.74, 6) is 0.342. The summed E-state index contributed by atoms with van der Waals surface area (Å²) in [7, 11) is 0. The quantitative estimate of drug-likeness (QED) is 0.466. The van der Waals surface area contributed by atoms with Crippen molar-refractivity contribution in [2.75, 3.05) is 0 Å². The third kappa shape index (κ3) is 3.45. The van der Waals surface area contributed by atoms with Crippen LogP contribution in [0.3, 0.4) is 0 Å². The molecule has 0 saturated heterocycles. The van der Waals surface area contributed by atoms with Crippen LogP contribution in [0.15, 0.2) is 47.3 Å². The van der Waals surface area contributed by atoms with Crippen molar-refractivity contribution in [3.05, 3.63) is 69.4 Å². The van der Waals surface area contributed by atoms with Crippen LogP contribution >= 0.6 is 11.6 Å². The summed E-state index contributed by atoms with van der Waals surface area (Å²) in [6, 6.07) is 13.0. The van der Waals surface area contributed by atoms with Crippen molar-refractivity contribution in [2.45, 2.75) is 37.6 Å². The Morgan fingerprint density at radius 3 is 2.63 bits per heavy atom. The molecule has 1 saturated carbocycles. The second kappa shape index (κ2) is 7.57. The van der Waals surface area contributed by atoms with E-state index in [9.17, 15) is 9.59 Å². The Balaban J connectivity index is 1.27. The molecule has 8 heteroatoms. The standard InChI is InChI=1S/C22H20ClN5O2/c23-13-7-10-17-18(11-13)26-20(25-17)22(30)24-14-8-5-12(6-9-14)19-15-3-1-2-4-16(15)21(29)28-27-19/h1-4,7,10-12,14H,5-6,8-9H2,(H,24,30)(H,25,26)(H,28,29)/t12-,14-. The van der Waals surface area contributed by atoms with Crippen LogP contribution in [0.5, 0.6) is 0 Å². The van der Waals surface area contributed by atoms with Gasteiger partial charge in [0.15, 0.2) is 5.82 Å². The smallest absolute Gasteiger partial charge is 0.287 e. The molecule has 0 atom stereocenters. The summed E-state index contributed by atoms with van der Waals surface area (Å²) in [6.45, 7) is 0. The number of carbonyl (C=O) groups is 1. The number of imidazole rings is 1. The van der Waals surface area contributed by atoms with Crippen molar-refractivity contribution < 1.29 is 4.79 Å². The third-order valence-electron chi connectivity index (χ3n) is 5.83. The highest BCUT2D eigenvalue weighted by atomic mass is 35.5.